The third kappa shape index (κ3) is 5.37. The molecule has 1 amide bonds. The number of hydrogen-bond donors (Lipinski definition) is 3. The maximum Gasteiger partial charge on any atom is 0.412 e. The molecule has 2 atom stereocenters. The summed E-state index contributed by atoms with van der Waals surface area (Å²) in [5, 5.41) is 22.7. The summed E-state index contributed by atoms with van der Waals surface area (Å²) in [5.41, 5.74) is 0.680. The standard InChI is InChI=1S/C23H20FNO6/c1-30-20(11-12-21(27)28)22(15-9-10-19(26)17(24)13-15)31-23(29)25-18-8-4-6-14-5-2-3-7-16(14)18/h2-13,20,22,26H,1H3,(H,25,29)(H,27,28)/b12-11+/t20-,22-/m0/s1. The molecule has 0 aliphatic heterocycles. The molecule has 0 aliphatic rings. The topological polar surface area (TPSA) is 105 Å². The molecule has 0 saturated carbocycles. The van der Waals surface area contributed by atoms with Crippen LogP contribution in [0.3, 0.4) is 0 Å². The molecule has 0 aliphatic carbocycles. The molecule has 0 fully saturated rings. The fourth-order valence-electron chi connectivity index (χ4n) is 3.09. The van der Waals surface area contributed by atoms with Crippen LogP contribution in [0.4, 0.5) is 14.9 Å². The average molecular weight is 425 g/mol. The number of methoxy groups -OCH3 is 1. The van der Waals surface area contributed by atoms with Crippen LogP contribution in [0, 0.1) is 5.82 Å². The molecule has 3 aromatic rings. The van der Waals surface area contributed by atoms with Crippen LogP contribution in [0.25, 0.3) is 10.8 Å². The molecule has 0 radical (unpaired) electrons. The predicted octanol–water partition coefficient (Wildman–Crippen LogP) is 4.63. The van der Waals surface area contributed by atoms with E-state index < -0.39 is 35.8 Å². The lowest BCUT2D eigenvalue weighted by Crippen LogP contribution is -2.27. The van der Waals surface area contributed by atoms with E-state index in [-0.39, 0.29) is 5.56 Å². The van der Waals surface area contributed by atoms with E-state index in [2.05, 4.69) is 5.32 Å². The summed E-state index contributed by atoms with van der Waals surface area (Å²) in [5.74, 6) is -2.71. The van der Waals surface area contributed by atoms with Crippen LogP contribution in [0.15, 0.2) is 72.8 Å². The molecule has 0 bridgehead atoms. The Bertz CT molecular complexity index is 1120. The molecule has 0 heterocycles. The van der Waals surface area contributed by atoms with Crippen LogP contribution in [0.2, 0.25) is 0 Å². The number of carboxylic acid groups (broad SMARTS) is 1. The molecule has 3 rings (SSSR count). The van der Waals surface area contributed by atoms with Gasteiger partial charge in [0.2, 0.25) is 0 Å². The molecule has 3 aromatic carbocycles. The smallest absolute Gasteiger partial charge is 0.412 e. The Morgan fingerprint density at radius 1 is 1.10 bits per heavy atom. The van der Waals surface area contributed by atoms with Gasteiger partial charge in [-0.2, -0.15) is 0 Å². The van der Waals surface area contributed by atoms with Crippen LogP contribution in [0.5, 0.6) is 5.75 Å². The van der Waals surface area contributed by atoms with E-state index in [0.29, 0.717) is 5.69 Å². The zero-order chi connectivity index (χ0) is 22.4. The number of halogens is 1. The van der Waals surface area contributed by atoms with Gasteiger partial charge in [0.05, 0.1) is 5.69 Å². The van der Waals surface area contributed by atoms with Crippen molar-refractivity contribution in [2.24, 2.45) is 0 Å². The Balaban J connectivity index is 1.90. The van der Waals surface area contributed by atoms with E-state index in [1.165, 1.54) is 19.3 Å². The number of aliphatic carboxylic acids is 1. The van der Waals surface area contributed by atoms with Gasteiger partial charge in [-0.15, -0.1) is 0 Å². The second-order valence-electron chi connectivity index (χ2n) is 6.59. The number of hydrogen-bond acceptors (Lipinski definition) is 5. The molecule has 0 saturated heterocycles. The summed E-state index contributed by atoms with van der Waals surface area (Å²) in [6.45, 7) is 0. The number of ether oxygens (including phenoxy) is 2. The molecule has 0 aromatic heterocycles. The van der Waals surface area contributed by atoms with Crippen LogP contribution >= 0.6 is 0 Å². The first kappa shape index (κ1) is 21.8. The van der Waals surface area contributed by atoms with E-state index in [1.54, 1.807) is 12.1 Å². The summed E-state index contributed by atoms with van der Waals surface area (Å²) in [6.07, 6.45) is -1.04. The molecule has 31 heavy (non-hydrogen) atoms. The summed E-state index contributed by atoms with van der Waals surface area (Å²) < 4.78 is 24.7. The lowest BCUT2D eigenvalue weighted by molar-refractivity contribution is -0.131. The Morgan fingerprint density at radius 3 is 2.55 bits per heavy atom. The van der Waals surface area contributed by atoms with Crippen molar-refractivity contribution < 1.29 is 33.7 Å². The number of fused-ring (bicyclic) bond motifs is 1. The summed E-state index contributed by atoms with van der Waals surface area (Å²) in [6, 6.07) is 16.3. The molecule has 0 spiro atoms. The van der Waals surface area contributed by atoms with Gasteiger partial charge in [0.1, 0.15) is 6.10 Å². The highest BCUT2D eigenvalue weighted by molar-refractivity contribution is 6.00. The molecular weight excluding hydrogens is 405 g/mol. The Kier molecular flexibility index (Phi) is 6.84. The van der Waals surface area contributed by atoms with Gasteiger partial charge >= 0.3 is 12.1 Å². The minimum atomic E-state index is -1.22. The van der Waals surface area contributed by atoms with Crippen LogP contribution in [0.1, 0.15) is 11.7 Å². The minimum absolute atomic E-state index is 0.172. The van der Waals surface area contributed by atoms with Gasteiger partial charge in [-0.05, 0) is 35.2 Å². The molecule has 0 unspecified atom stereocenters. The van der Waals surface area contributed by atoms with Crippen molar-refractivity contribution >= 4 is 28.5 Å². The number of anilines is 1. The van der Waals surface area contributed by atoms with E-state index >= 15 is 0 Å². The van der Waals surface area contributed by atoms with E-state index in [1.807, 2.05) is 30.3 Å². The summed E-state index contributed by atoms with van der Waals surface area (Å²) in [7, 11) is 1.30. The van der Waals surface area contributed by atoms with Gasteiger partial charge in [0, 0.05) is 18.6 Å². The number of carbonyl (C=O) groups is 2. The number of phenols is 1. The van der Waals surface area contributed by atoms with E-state index in [9.17, 15) is 19.1 Å². The fourth-order valence-corrected chi connectivity index (χ4v) is 3.09. The lowest BCUT2D eigenvalue weighted by atomic mass is 10.0. The number of rotatable bonds is 7. The van der Waals surface area contributed by atoms with Gasteiger partial charge < -0.3 is 19.7 Å². The van der Waals surface area contributed by atoms with Crippen LogP contribution in [-0.4, -0.2) is 35.5 Å². The molecular formula is C23H20FNO6. The third-order valence-electron chi connectivity index (χ3n) is 4.56. The van der Waals surface area contributed by atoms with Crippen molar-refractivity contribution in [1.29, 1.82) is 0 Å². The van der Waals surface area contributed by atoms with E-state index in [4.69, 9.17) is 14.6 Å². The molecule has 7 nitrogen and oxygen atoms in total. The van der Waals surface area contributed by atoms with Crippen molar-refractivity contribution in [3.63, 3.8) is 0 Å². The average Bonchev–Trinajstić information content (AvgIpc) is 2.75. The van der Waals surface area contributed by atoms with Crippen molar-refractivity contribution in [1.82, 2.24) is 0 Å². The number of benzene rings is 3. The second kappa shape index (κ2) is 9.73. The van der Waals surface area contributed by atoms with Crippen molar-refractivity contribution in [2.75, 3.05) is 12.4 Å². The monoisotopic (exact) mass is 425 g/mol. The number of carboxylic acids is 1. The number of amides is 1. The second-order valence-corrected chi connectivity index (χ2v) is 6.59. The maximum absolute atomic E-state index is 13.9. The quantitative estimate of drug-likeness (QED) is 0.477. The first-order chi connectivity index (χ1) is 14.9. The normalized spacial score (nSPS) is 13.1. The highest BCUT2D eigenvalue weighted by Gasteiger charge is 2.27. The molecule has 160 valence electrons. The number of nitrogens with one attached hydrogen (secondary N) is 1. The Hall–Kier alpha value is -3.91. The largest absolute Gasteiger partial charge is 0.505 e. The first-order valence-corrected chi connectivity index (χ1v) is 9.26. The number of aromatic hydroxyl groups is 1. The van der Waals surface area contributed by atoms with Gasteiger partial charge in [-0.3, -0.25) is 5.32 Å². The SMILES string of the molecule is CO[C@@H](/C=C/C(=O)O)[C@@H](OC(=O)Nc1cccc2ccccc12)c1ccc(O)c(F)c1. The number of phenolic OH excluding ortho intramolecular Hbond substituents is 1. The van der Waals surface area contributed by atoms with Gasteiger partial charge in [0.15, 0.2) is 17.7 Å². The zero-order valence-electron chi connectivity index (χ0n) is 16.5. The molecule has 8 heteroatoms. The number of carbonyl (C=O) groups excluding carboxylic acids is 1. The van der Waals surface area contributed by atoms with Crippen molar-refractivity contribution in [3.05, 3.63) is 84.2 Å². The summed E-state index contributed by atoms with van der Waals surface area (Å²) in [4.78, 5) is 23.6. The highest BCUT2D eigenvalue weighted by atomic mass is 19.1. The summed E-state index contributed by atoms with van der Waals surface area (Å²) >= 11 is 0. The van der Waals surface area contributed by atoms with Gasteiger partial charge in [0.25, 0.3) is 0 Å². The third-order valence-corrected chi connectivity index (χ3v) is 4.56. The van der Waals surface area contributed by atoms with E-state index in [0.717, 1.165) is 29.0 Å². The van der Waals surface area contributed by atoms with Crippen molar-refractivity contribution in [3.8, 4) is 5.75 Å². The van der Waals surface area contributed by atoms with Gasteiger partial charge in [-0.1, -0.05) is 42.5 Å². The zero-order valence-corrected chi connectivity index (χ0v) is 16.5. The molecule has 3 N–H and O–H groups in total. The van der Waals surface area contributed by atoms with Crippen LogP contribution < -0.4 is 5.32 Å². The minimum Gasteiger partial charge on any atom is -0.505 e. The maximum atomic E-state index is 13.9. The Morgan fingerprint density at radius 2 is 1.84 bits per heavy atom. The fraction of sp³-hybridized carbons (Fsp3) is 0.130. The van der Waals surface area contributed by atoms with Crippen LogP contribution in [-0.2, 0) is 14.3 Å². The predicted molar refractivity (Wildman–Crippen MR) is 112 cm³/mol. The highest BCUT2D eigenvalue weighted by Crippen LogP contribution is 2.29. The Labute approximate surface area is 177 Å². The van der Waals surface area contributed by atoms with Gasteiger partial charge in [-0.25, -0.2) is 14.0 Å². The lowest BCUT2D eigenvalue weighted by Gasteiger charge is -2.24. The van der Waals surface area contributed by atoms with Crippen molar-refractivity contribution in [2.45, 2.75) is 12.2 Å². The first-order valence-electron chi connectivity index (χ1n) is 9.26.